The van der Waals surface area contributed by atoms with Crippen molar-refractivity contribution in [1.82, 2.24) is 14.8 Å². The fraction of sp³-hybridized carbons (Fsp3) is 0.444. The fourth-order valence-electron chi connectivity index (χ4n) is 5.22. The van der Waals surface area contributed by atoms with E-state index in [2.05, 4.69) is 35.3 Å². The van der Waals surface area contributed by atoms with Gasteiger partial charge >= 0.3 is 0 Å². The molecule has 2 aromatic rings. The van der Waals surface area contributed by atoms with E-state index >= 15 is 0 Å². The van der Waals surface area contributed by atoms with Gasteiger partial charge in [-0.3, -0.25) is 14.6 Å². The van der Waals surface area contributed by atoms with Crippen LogP contribution in [0, 0.1) is 11.3 Å². The van der Waals surface area contributed by atoms with Gasteiger partial charge in [0.2, 0.25) is 11.8 Å². The van der Waals surface area contributed by atoms with Crippen molar-refractivity contribution in [3.8, 4) is 11.1 Å². The zero-order valence-electron chi connectivity index (χ0n) is 19.2. The van der Waals surface area contributed by atoms with Crippen molar-refractivity contribution >= 4 is 11.8 Å². The van der Waals surface area contributed by atoms with E-state index in [4.69, 9.17) is 0 Å². The monoisotopic (exact) mass is 431 g/mol. The summed E-state index contributed by atoms with van der Waals surface area (Å²) in [5.74, 6) is 0.642. The van der Waals surface area contributed by atoms with Crippen LogP contribution in [0.5, 0.6) is 0 Å². The predicted octanol–water partition coefficient (Wildman–Crippen LogP) is 4.34. The molecule has 32 heavy (non-hydrogen) atoms. The highest BCUT2D eigenvalue weighted by atomic mass is 16.2. The molecule has 5 heteroatoms. The van der Waals surface area contributed by atoms with Gasteiger partial charge in [-0.25, -0.2) is 0 Å². The molecule has 1 saturated heterocycles. The largest absolute Gasteiger partial charge is 0.348 e. The first kappa shape index (κ1) is 22.3. The van der Waals surface area contributed by atoms with Crippen LogP contribution in [0.2, 0.25) is 0 Å². The van der Waals surface area contributed by atoms with Gasteiger partial charge in [-0.2, -0.15) is 0 Å². The highest BCUT2D eigenvalue weighted by molar-refractivity contribution is 5.85. The lowest BCUT2D eigenvalue weighted by Crippen LogP contribution is -2.54. The lowest BCUT2D eigenvalue weighted by molar-refractivity contribution is -0.147. The topological polar surface area (TPSA) is 53.5 Å². The van der Waals surface area contributed by atoms with Gasteiger partial charge in [0.1, 0.15) is 0 Å². The van der Waals surface area contributed by atoms with Gasteiger partial charge < -0.3 is 9.80 Å². The lowest BCUT2D eigenvalue weighted by Gasteiger charge is -2.43. The lowest BCUT2D eigenvalue weighted by atomic mass is 9.73. The summed E-state index contributed by atoms with van der Waals surface area (Å²) in [6, 6.07) is 12.4. The summed E-state index contributed by atoms with van der Waals surface area (Å²) >= 11 is 0. The smallest absolute Gasteiger partial charge is 0.230 e. The average molecular weight is 432 g/mol. The Morgan fingerprint density at radius 1 is 1.19 bits per heavy atom. The van der Waals surface area contributed by atoms with Crippen molar-refractivity contribution < 1.29 is 9.59 Å². The van der Waals surface area contributed by atoms with Crippen LogP contribution in [-0.2, 0) is 16.0 Å². The van der Waals surface area contributed by atoms with Crippen LogP contribution in [0.25, 0.3) is 11.1 Å². The average Bonchev–Trinajstić information content (AvgIpc) is 3.32. The Morgan fingerprint density at radius 2 is 2.03 bits per heavy atom. The summed E-state index contributed by atoms with van der Waals surface area (Å²) in [6.45, 7) is 1.24. The molecule has 1 fully saturated rings. The molecular weight excluding hydrogens is 398 g/mol. The molecule has 168 valence electrons. The normalized spacial score (nSPS) is 22.7. The Hall–Kier alpha value is -2.95. The number of rotatable bonds is 6. The van der Waals surface area contributed by atoms with Gasteiger partial charge in [0.25, 0.3) is 0 Å². The number of nitrogens with zero attached hydrogens (tertiary/aromatic N) is 3. The molecule has 0 bridgehead atoms. The Labute approximate surface area is 191 Å². The summed E-state index contributed by atoms with van der Waals surface area (Å²) in [5, 5.41) is 0. The van der Waals surface area contributed by atoms with E-state index in [1.165, 1.54) is 0 Å². The number of aromatic nitrogens is 1. The number of likely N-dealkylation sites (tertiary alicyclic amines) is 1. The van der Waals surface area contributed by atoms with Gasteiger partial charge in [0.05, 0.1) is 5.41 Å². The molecule has 2 aliphatic rings. The number of carbonyl (C=O) groups excluding carboxylic acids is 2. The third kappa shape index (κ3) is 4.93. The van der Waals surface area contributed by atoms with Crippen LogP contribution in [0.3, 0.4) is 0 Å². The molecule has 2 heterocycles. The molecule has 0 saturated carbocycles. The van der Waals surface area contributed by atoms with Crippen molar-refractivity contribution in [2.24, 2.45) is 11.3 Å². The molecule has 4 rings (SSSR count). The van der Waals surface area contributed by atoms with Crippen molar-refractivity contribution in [3.05, 3.63) is 66.5 Å². The maximum atomic E-state index is 13.5. The van der Waals surface area contributed by atoms with Crippen LogP contribution in [0.4, 0.5) is 0 Å². The van der Waals surface area contributed by atoms with Crippen molar-refractivity contribution in [3.63, 3.8) is 0 Å². The van der Waals surface area contributed by atoms with Gasteiger partial charge in [0, 0.05) is 46.0 Å². The SMILES string of the molecule is CN(C)C(=O)[C@]1(Cc2cccc(-c3cccnc3)c2)CCCN(C(=O)C[C@H]2C=CCC2)C1. The van der Waals surface area contributed by atoms with Crippen LogP contribution in [0.1, 0.15) is 37.7 Å². The summed E-state index contributed by atoms with van der Waals surface area (Å²) in [7, 11) is 3.64. The van der Waals surface area contributed by atoms with E-state index in [-0.39, 0.29) is 11.8 Å². The molecule has 1 aromatic heterocycles. The Bertz CT molecular complexity index is 985. The maximum absolute atomic E-state index is 13.5. The number of piperidine rings is 1. The number of hydrogen-bond acceptors (Lipinski definition) is 3. The second-order valence-corrected chi connectivity index (χ2v) is 9.49. The molecular formula is C27H33N3O2. The second kappa shape index (κ2) is 9.68. The highest BCUT2D eigenvalue weighted by Crippen LogP contribution is 2.37. The molecule has 0 N–H and O–H groups in total. The zero-order chi connectivity index (χ0) is 22.6. The summed E-state index contributed by atoms with van der Waals surface area (Å²) in [5.41, 5.74) is 2.69. The number of allylic oxidation sites excluding steroid dienone is 2. The maximum Gasteiger partial charge on any atom is 0.230 e. The third-order valence-electron chi connectivity index (χ3n) is 6.80. The van der Waals surface area contributed by atoms with E-state index < -0.39 is 5.41 Å². The number of carbonyl (C=O) groups is 2. The minimum absolute atomic E-state index is 0.113. The van der Waals surface area contributed by atoms with E-state index in [0.717, 1.165) is 48.9 Å². The molecule has 2 amide bonds. The van der Waals surface area contributed by atoms with E-state index in [9.17, 15) is 9.59 Å². The van der Waals surface area contributed by atoms with Gasteiger partial charge in [-0.1, -0.05) is 42.5 Å². The minimum Gasteiger partial charge on any atom is -0.348 e. The standard InChI is InChI=1S/C27H33N3O2/c1-29(2)26(32)27(13-7-15-30(20-27)25(31)17-21-8-3-4-9-21)18-22-10-5-11-23(16-22)24-12-6-14-28-19-24/h3,5-6,8,10-12,14,16,19,21H,4,7,9,13,15,17-18,20H2,1-2H3/t21-,27-/m0/s1. The van der Waals surface area contributed by atoms with Crippen LogP contribution < -0.4 is 0 Å². The first-order valence-corrected chi connectivity index (χ1v) is 11.6. The fourth-order valence-corrected chi connectivity index (χ4v) is 5.22. The third-order valence-corrected chi connectivity index (χ3v) is 6.80. The van der Waals surface area contributed by atoms with E-state index in [0.29, 0.717) is 25.3 Å². The zero-order valence-corrected chi connectivity index (χ0v) is 19.2. The number of pyridine rings is 1. The van der Waals surface area contributed by atoms with E-state index in [1.54, 1.807) is 11.1 Å². The molecule has 0 unspecified atom stereocenters. The quantitative estimate of drug-likeness (QED) is 0.639. The molecule has 1 aliphatic heterocycles. The van der Waals surface area contributed by atoms with Gasteiger partial charge in [0.15, 0.2) is 0 Å². The predicted molar refractivity (Wildman–Crippen MR) is 127 cm³/mol. The van der Waals surface area contributed by atoms with Crippen molar-refractivity contribution in [1.29, 1.82) is 0 Å². The molecule has 0 radical (unpaired) electrons. The number of amides is 2. The molecule has 2 atom stereocenters. The van der Waals surface area contributed by atoms with Crippen LogP contribution in [-0.4, -0.2) is 53.8 Å². The Kier molecular flexibility index (Phi) is 6.73. The minimum atomic E-state index is -0.587. The first-order valence-electron chi connectivity index (χ1n) is 11.6. The molecule has 5 nitrogen and oxygen atoms in total. The summed E-state index contributed by atoms with van der Waals surface area (Å²) < 4.78 is 0. The van der Waals surface area contributed by atoms with Crippen LogP contribution >= 0.6 is 0 Å². The van der Waals surface area contributed by atoms with Gasteiger partial charge in [-0.05, 0) is 60.8 Å². The molecule has 0 spiro atoms. The molecule has 1 aromatic carbocycles. The van der Waals surface area contributed by atoms with Crippen molar-refractivity contribution in [2.75, 3.05) is 27.2 Å². The van der Waals surface area contributed by atoms with Gasteiger partial charge in [-0.15, -0.1) is 0 Å². The summed E-state index contributed by atoms with van der Waals surface area (Å²) in [4.78, 5) is 34.4. The summed E-state index contributed by atoms with van der Waals surface area (Å²) in [6.07, 6.45) is 12.9. The Balaban J connectivity index is 1.57. The van der Waals surface area contributed by atoms with Crippen LogP contribution in [0.15, 0.2) is 60.9 Å². The number of hydrogen-bond donors (Lipinski definition) is 0. The van der Waals surface area contributed by atoms with E-state index in [1.807, 2.05) is 43.4 Å². The molecule has 1 aliphatic carbocycles. The Morgan fingerprint density at radius 3 is 2.75 bits per heavy atom. The van der Waals surface area contributed by atoms with Crippen molar-refractivity contribution in [2.45, 2.75) is 38.5 Å². The first-order chi connectivity index (χ1) is 15.5. The highest BCUT2D eigenvalue weighted by Gasteiger charge is 2.44. The second-order valence-electron chi connectivity index (χ2n) is 9.49. The number of benzene rings is 1.